The fourth-order valence-electron chi connectivity index (χ4n) is 10.9. The van der Waals surface area contributed by atoms with Gasteiger partial charge in [-0.3, -0.25) is 18.7 Å². The summed E-state index contributed by atoms with van der Waals surface area (Å²) in [6, 6.07) is 8.12. The molecule has 4 unspecified atom stereocenters. The summed E-state index contributed by atoms with van der Waals surface area (Å²) in [6.45, 7) is 21.4. The summed E-state index contributed by atoms with van der Waals surface area (Å²) in [5.41, 5.74) is 2.84. The maximum atomic E-state index is 14.6. The minimum atomic E-state index is -4.50. The Labute approximate surface area is 459 Å². The number of aliphatic hydroxyl groups excluding tert-OH is 1. The van der Waals surface area contributed by atoms with Crippen LogP contribution in [-0.4, -0.2) is 68.4 Å². The standard InChI is InChI=1S/C13H17F3N2.C12H14F4N2.C11H15F3N2O.C11H13N.C10H14N2O3/c1-9(2)18-8-11(10-6-4-3-5-7-10)12(17-18)13(14,15)16;1-5(2)18-10-8(9(17-18)12(14,15)16)6-4-7(6)11(10,3)13;1-6(2)16-9-4-3-7(17)5-8(9)10(15-16)11(12,13)14;1-8(2)10-7-12-11-6-4-3-5-9(10)11;1-6(2)12-9(10(13)14-3)7-4-15-5-8(7)11-12/h6,8-9H,3-5,7H2,1-2H3;5-7H,4H2,1-3H3;6-7,17H,3-5H2,1-2H3;3-8,12H,1-2H3;6H,4-5H2,1-3H3. The molecule has 0 radical (unpaired) electrons. The molecule has 23 heteroatoms. The van der Waals surface area contributed by atoms with Crippen LogP contribution in [0.15, 0.2) is 42.7 Å². The lowest BCUT2D eigenvalue weighted by atomic mass is 9.93. The molecule has 6 aromatic rings. The van der Waals surface area contributed by atoms with Gasteiger partial charge in [0, 0.05) is 87.8 Å². The quantitative estimate of drug-likeness (QED) is 0.119. The molecule has 0 saturated heterocycles. The van der Waals surface area contributed by atoms with E-state index in [-0.39, 0.29) is 70.8 Å². The van der Waals surface area contributed by atoms with Crippen molar-refractivity contribution in [1.82, 2.24) is 44.1 Å². The summed E-state index contributed by atoms with van der Waals surface area (Å²) in [5.74, 6) is -0.333. The maximum absolute atomic E-state index is 14.6. The van der Waals surface area contributed by atoms with Crippen LogP contribution in [-0.2, 0) is 59.7 Å². The summed E-state index contributed by atoms with van der Waals surface area (Å²) < 4.78 is 147. The largest absolute Gasteiger partial charge is 0.464 e. The number of carbonyl (C=O) groups excluding carboxylic acids is 1. The Hall–Kier alpha value is -5.97. The molecule has 0 bridgehead atoms. The van der Waals surface area contributed by atoms with Crippen LogP contribution in [0.1, 0.15) is 223 Å². The molecule has 1 saturated carbocycles. The second-order valence-electron chi connectivity index (χ2n) is 22.6. The number of allylic oxidation sites excluding steroid dienone is 2. The summed E-state index contributed by atoms with van der Waals surface area (Å²) in [4.78, 5) is 14.9. The SMILES string of the molecule is CC(C)c1c[nH]c2ccccc12.CC(C)n1cc(C2=CCCCC2)c(C(F)(F)F)n1.CC(C)n1nc(C(F)(F)F)c2c1C(C)(F)C1CC21.CC(C)n1nc(C(F)(F)F)c2c1CCC(O)C2.COC(=O)c1c2c(nn1C(C)C)COC2. The normalized spacial score (nSPS) is 20.2. The van der Waals surface area contributed by atoms with Gasteiger partial charge in [-0.25, -0.2) is 9.18 Å². The minimum absolute atomic E-state index is 0.0525. The van der Waals surface area contributed by atoms with E-state index in [1.54, 1.807) is 32.4 Å². The maximum Gasteiger partial charge on any atom is 0.435 e. The first kappa shape index (κ1) is 61.6. The molecule has 440 valence electrons. The molecule has 1 fully saturated rings. The van der Waals surface area contributed by atoms with Crippen molar-refractivity contribution in [1.29, 1.82) is 0 Å². The number of halogens is 10. The van der Waals surface area contributed by atoms with E-state index in [1.807, 2.05) is 33.8 Å². The predicted octanol–water partition coefficient (Wildman–Crippen LogP) is 15.1. The number of benzene rings is 1. The van der Waals surface area contributed by atoms with E-state index in [1.165, 1.54) is 50.7 Å². The minimum Gasteiger partial charge on any atom is -0.464 e. The van der Waals surface area contributed by atoms with Crippen molar-refractivity contribution in [3.05, 3.63) is 110 Å². The number of aromatic nitrogens is 9. The van der Waals surface area contributed by atoms with Gasteiger partial charge in [-0.2, -0.15) is 59.9 Å². The number of hydrogen-bond donors (Lipinski definition) is 2. The molecule has 5 aliphatic rings. The third kappa shape index (κ3) is 13.0. The number of rotatable bonds is 7. The number of alkyl halides is 10. The van der Waals surface area contributed by atoms with E-state index < -0.39 is 47.4 Å². The molecule has 11 rings (SSSR count). The van der Waals surface area contributed by atoms with Crippen molar-refractivity contribution in [3.8, 4) is 0 Å². The molecule has 0 amide bonds. The molecule has 0 spiro atoms. The lowest BCUT2D eigenvalue weighted by Gasteiger charge is -2.21. The van der Waals surface area contributed by atoms with Gasteiger partial charge in [-0.1, -0.05) is 38.1 Å². The first-order valence-electron chi connectivity index (χ1n) is 27.2. The van der Waals surface area contributed by atoms with Gasteiger partial charge in [0.15, 0.2) is 28.4 Å². The van der Waals surface area contributed by atoms with Crippen molar-refractivity contribution in [2.75, 3.05) is 7.11 Å². The molecule has 2 N–H and O–H groups in total. The number of hydrogen-bond acceptors (Lipinski definition) is 8. The zero-order chi connectivity index (χ0) is 59.1. The Morgan fingerprint density at radius 1 is 0.775 bits per heavy atom. The van der Waals surface area contributed by atoms with E-state index >= 15 is 0 Å². The lowest BCUT2D eigenvalue weighted by Crippen LogP contribution is -2.22. The number of aliphatic hydroxyl groups is 1. The van der Waals surface area contributed by atoms with E-state index in [4.69, 9.17) is 9.47 Å². The number of H-pyrrole nitrogens is 1. The molecule has 5 aromatic heterocycles. The number of esters is 1. The summed E-state index contributed by atoms with van der Waals surface area (Å²) in [6.07, 6.45) is -3.35. The Kier molecular flexibility index (Phi) is 18.4. The van der Waals surface area contributed by atoms with E-state index in [2.05, 4.69) is 69.7 Å². The average Bonchev–Trinajstić information content (AvgIpc) is 3.42. The molecule has 80 heavy (non-hydrogen) atoms. The number of fused-ring (bicyclic) bond motifs is 6. The van der Waals surface area contributed by atoms with Crippen molar-refractivity contribution in [2.45, 2.75) is 207 Å². The van der Waals surface area contributed by atoms with Crippen LogP contribution in [0.5, 0.6) is 0 Å². The zero-order valence-electron chi connectivity index (χ0n) is 47.3. The monoisotopic (exact) mass is 1140 g/mol. The van der Waals surface area contributed by atoms with E-state index in [9.17, 15) is 53.8 Å². The van der Waals surface area contributed by atoms with Crippen LogP contribution in [0, 0.1) is 5.92 Å². The van der Waals surface area contributed by atoms with Crippen LogP contribution in [0.25, 0.3) is 16.5 Å². The number of para-hydroxylation sites is 1. The van der Waals surface area contributed by atoms with Gasteiger partial charge in [-0.05, 0) is 136 Å². The molecule has 13 nitrogen and oxygen atoms in total. The zero-order valence-corrected chi connectivity index (χ0v) is 47.3. The molecule has 4 aliphatic carbocycles. The highest BCUT2D eigenvalue weighted by Gasteiger charge is 2.65. The van der Waals surface area contributed by atoms with Crippen LogP contribution < -0.4 is 0 Å². The Balaban J connectivity index is 0.000000145. The summed E-state index contributed by atoms with van der Waals surface area (Å²) in [7, 11) is 1.38. The smallest absolute Gasteiger partial charge is 0.435 e. The van der Waals surface area contributed by atoms with Gasteiger partial charge in [0.05, 0.1) is 37.8 Å². The van der Waals surface area contributed by atoms with Crippen molar-refractivity contribution >= 4 is 22.4 Å². The third-order valence-corrected chi connectivity index (χ3v) is 14.9. The molecule has 1 aromatic carbocycles. The number of nitrogens with one attached hydrogen (secondary N) is 1. The Morgan fingerprint density at radius 3 is 1.96 bits per heavy atom. The highest BCUT2D eigenvalue weighted by atomic mass is 19.4. The number of methoxy groups -OCH3 is 1. The molecule has 6 heterocycles. The second kappa shape index (κ2) is 23.9. The number of carbonyl (C=O) groups is 1. The van der Waals surface area contributed by atoms with Crippen LogP contribution in [0.4, 0.5) is 43.9 Å². The fraction of sp³-hybridized carbons (Fsp3) is 0.596. The van der Waals surface area contributed by atoms with E-state index in [0.29, 0.717) is 56.2 Å². The number of nitrogens with zero attached hydrogens (tertiary/aromatic N) is 8. The number of aromatic amines is 1. The van der Waals surface area contributed by atoms with Crippen molar-refractivity contribution in [3.63, 3.8) is 0 Å². The van der Waals surface area contributed by atoms with Crippen molar-refractivity contribution in [2.24, 2.45) is 5.92 Å². The van der Waals surface area contributed by atoms with Gasteiger partial charge in [0.1, 0.15) is 0 Å². The van der Waals surface area contributed by atoms with Crippen LogP contribution in [0.2, 0.25) is 0 Å². The van der Waals surface area contributed by atoms with Crippen LogP contribution >= 0.6 is 0 Å². The first-order valence-corrected chi connectivity index (χ1v) is 27.2. The third-order valence-electron chi connectivity index (χ3n) is 14.9. The van der Waals surface area contributed by atoms with Gasteiger partial charge in [0.25, 0.3) is 0 Å². The second-order valence-corrected chi connectivity index (χ2v) is 22.6. The van der Waals surface area contributed by atoms with Crippen molar-refractivity contribution < 1.29 is 63.3 Å². The first-order chi connectivity index (χ1) is 37.3. The highest BCUT2D eigenvalue weighted by Crippen LogP contribution is 2.68. The topological polar surface area (TPSA) is 143 Å². The number of ether oxygens (including phenoxy) is 2. The summed E-state index contributed by atoms with van der Waals surface area (Å²) in [5, 5.41) is 26.2. The van der Waals surface area contributed by atoms with E-state index in [0.717, 1.165) is 36.1 Å². The highest BCUT2D eigenvalue weighted by molar-refractivity contribution is 5.89. The predicted molar refractivity (Wildman–Crippen MR) is 281 cm³/mol. The Bertz CT molecular complexity index is 3150. The molecule has 1 aliphatic heterocycles. The Morgan fingerprint density at radius 2 is 1.40 bits per heavy atom. The molecular weight excluding hydrogens is 1060 g/mol. The summed E-state index contributed by atoms with van der Waals surface area (Å²) >= 11 is 0. The van der Waals surface area contributed by atoms with Gasteiger partial charge in [0.2, 0.25) is 0 Å². The van der Waals surface area contributed by atoms with Gasteiger partial charge < -0.3 is 19.6 Å². The molecule has 4 atom stereocenters. The van der Waals surface area contributed by atoms with Crippen LogP contribution in [0.3, 0.4) is 0 Å². The average molecular weight is 1140 g/mol. The van der Waals surface area contributed by atoms with Gasteiger partial charge in [-0.15, -0.1) is 0 Å². The lowest BCUT2D eigenvalue weighted by molar-refractivity contribution is -0.143. The van der Waals surface area contributed by atoms with Gasteiger partial charge >= 0.3 is 24.5 Å². The fourth-order valence-corrected chi connectivity index (χ4v) is 10.9. The molecular formula is C57H73F10N9O4.